The van der Waals surface area contributed by atoms with Crippen molar-refractivity contribution in [2.75, 3.05) is 11.5 Å². The van der Waals surface area contributed by atoms with E-state index in [0.29, 0.717) is 0 Å². The zero-order chi connectivity index (χ0) is 23.3. The van der Waals surface area contributed by atoms with Crippen LogP contribution in [0.1, 0.15) is 51.3 Å². The number of hydrogen-bond donors (Lipinski definition) is 1. The van der Waals surface area contributed by atoms with Crippen LogP contribution in [0, 0.1) is 5.92 Å². The van der Waals surface area contributed by atoms with Gasteiger partial charge in [-0.2, -0.15) is 0 Å². The molecule has 0 fully saturated rings. The van der Waals surface area contributed by atoms with Gasteiger partial charge in [0.25, 0.3) is 0 Å². The van der Waals surface area contributed by atoms with Crippen LogP contribution >= 0.6 is 23.5 Å². The predicted molar refractivity (Wildman–Crippen MR) is 122 cm³/mol. The number of hydrogen-bond acceptors (Lipinski definition) is 7. The molecule has 1 heterocycles. The molecule has 9 heteroatoms. The molecule has 0 aromatic heterocycles. The van der Waals surface area contributed by atoms with Crippen LogP contribution in [0.25, 0.3) is 0 Å². The van der Waals surface area contributed by atoms with Crippen molar-refractivity contribution in [2.45, 2.75) is 59.2 Å². The van der Waals surface area contributed by atoms with Crippen LogP contribution in [0.4, 0.5) is 4.79 Å². The van der Waals surface area contributed by atoms with Gasteiger partial charge >= 0.3 is 6.16 Å². The summed E-state index contributed by atoms with van der Waals surface area (Å²) < 4.78 is 5.05. The Morgan fingerprint density at radius 3 is 2.16 bits per heavy atom. The maximum Gasteiger partial charge on any atom is 0.507 e. The fraction of sp³-hybridized carbons (Fsp3) is 0.545. The topological polar surface area (TPSA) is 101 Å². The van der Waals surface area contributed by atoms with Gasteiger partial charge in [-0.3, -0.25) is 14.4 Å². The molecular weight excluding hydrogens is 438 g/mol. The molecule has 0 saturated heterocycles. The van der Waals surface area contributed by atoms with Crippen molar-refractivity contribution in [3.63, 3.8) is 0 Å². The Balaban J connectivity index is 2.35. The summed E-state index contributed by atoms with van der Waals surface area (Å²) in [7, 11) is 0. The second-order valence-electron chi connectivity index (χ2n) is 8.54. The van der Waals surface area contributed by atoms with Crippen LogP contribution in [0.15, 0.2) is 18.2 Å². The fourth-order valence-corrected chi connectivity index (χ4v) is 4.87. The number of thioether (sulfide) groups is 2. The van der Waals surface area contributed by atoms with Crippen LogP contribution in [-0.4, -0.2) is 50.0 Å². The molecule has 1 aromatic rings. The molecule has 1 aliphatic heterocycles. The van der Waals surface area contributed by atoms with Crippen molar-refractivity contribution in [3.8, 4) is 0 Å². The molecule has 0 bridgehead atoms. The third-order valence-corrected chi connectivity index (χ3v) is 6.95. The van der Waals surface area contributed by atoms with Gasteiger partial charge in [0.15, 0.2) is 16.5 Å². The smallest absolute Gasteiger partial charge is 0.450 e. The van der Waals surface area contributed by atoms with Crippen molar-refractivity contribution in [1.82, 2.24) is 4.90 Å². The summed E-state index contributed by atoms with van der Waals surface area (Å²) in [5, 5.41) is 8.95. The molecular formula is C22H29NO6S2. The minimum Gasteiger partial charge on any atom is -0.450 e. The molecule has 2 rings (SSSR count). The number of fused-ring (bicyclic) bond motifs is 1. The van der Waals surface area contributed by atoms with Crippen LogP contribution in [0.3, 0.4) is 0 Å². The first kappa shape index (κ1) is 25.3. The highest BCUT2D eigenvalue weighted by atomic mass is 32.2. The Morgan fingerprint density at radius 2 is 1.68 bits per heavy atom. The molecule has 7 nitrogen and oxygen atoms in total. The van der Waals surface area contributed by atoms with Crippen molar-refractivity contribution in [1.29, 1.82) is 0 Å². The van der Waals surface area contributed by atoms with E-state index in [2.05, 4.69) is 26.8 Å². The SMILES string of the molecule is CC(=O)SCC(CSC(C)=O)C(=O)N1Cc2cc(C(C)(C)C)ccc2CC1OC(=O)O. The number of amides is 1. The Kier molecular flexibility index (Phi) is 8.59. The maximum absolute atomic E-state index is 13.4. The molecule has 0 spiro atoms. The summed E-state index contributed by atoms with van der Waals surface area (Å²) in [6.45, 7) is 9.36. The Bertz CT molecular complexity index is 846. The second kappa shape index (κ2) is 10.5. The zero-order valence-electron chi connectivity index (χ0n) is 18.5. The lowest BCUT2D eigenvalue weighted by atomic mass is 9.84. The lowest BCUT2D eigenvalue weighted by molar-refractivity contribution is -0.147. The van der Waals surface area contributed by atoms with Crippen LogP contribution in [0.5, 0.6) is 0 Å². The summed E-state index contributed by atoms with van der Waals surface area (Å²) in [5.41, 5.74) is 2.93. The van der Waals surface area contributed by atoms with Crippen LogP contribution in [0.2, 0.25) is 0 Å². The average molecular weight is 468 g/mol. The molecule has 1 amide bonds. The quantitative estimate of drug-likeness (QED) is 0.625. The monoisotopic (exact) mass is 467 g/mol. The number of carbonyl (C=O) groups excluding carboxylic acids is 3. The van der Waals surface area contributed by atoms with Gasteiger partial charge in [-0.15, -0.1) is 0 Å². The van der Waals surface area contributed by atoms with E-state index in [1.165, 1.54) is 18.7 Å². The standard InChI is InChI=1S/C22H29NO6S2/c1-13(24)30-11-17(12-31-14(2)25)20(26)23-10-16-8-18(22(3,4)5)7-6-15(16)9-19(23)29-21(27)28/h6-8,17,19H,9-12H2,1-5H3,(H,27,28). The lowest BCUT2D eigenvalue weighted by Gasteiger charge is -2.38. The molecule has 1 aromatic carbocycles. The van der Waals surface area contributed by atoms with Gasteiger partial charge in [-0.1, -0.05) is 62.5 Å². The molecule has 170 valence electrons. The summed E-state index contributed by atoms with van der Waals surface area (Å²) in [4.78, 5) is 49.0. The second-order valence-corrected chi connectivity index (χ2v) is 10.9. The first-order chi connectivity index (χ1) is 14.4. The van der Waals surface area contributed by atoms with Gasteiger partial charge < -0.3 is 14.7 Å². The van der Waals surface area contributed by atoms with Gasteiger partial charge in [0.05, 0.1) is 5.92 Å². The summed E-state index contributed by atoms with van der Waals surface area (Å²) >= 11 is 2.04. The van der Waals surface area contributed by atoms with Gasteiger partial charge in [-0.05, 0) is 22.1 Å². The van der Waals surface area contributed by atoms with E-state index in [-0.39, 0.29) is 46.0 Å². The Labute approximate surface area is 191 Å². The number of nitrogens with zero attached hydrogens (tertiary/aromatic N) is 1. The van der Waals surface area contributed by atoms with E-state index >= 15 is 0 Å². The lowest BCUT2D eigenvalue weighted by Crippen LogP contribution is -2.49. The number of carbonyl (C=O) groups is 4. The molecule has 1 N–H and O–H groups in total. The molecule has 0 saturated carbocycles. The fourth-order valence-electron chi connectivity index (χ4n) is 3.33. The van der Waals surface area contributed by atoms with E-state index in [1.54, 1.807) is 0 Å². The average Bonchev–Trinajstić information content (AvgIpc) is 2.65. The summed E-state index contributed by atoms with van der Waals surface area (Å²) in [5.74, 6) is -0.491. The number of carboxylic acid groups (broad SMARTS) is 1. The van der Waals surface area contributed by atoms with Crippen molar-refractivity contribution in [2.24, 2.45) is 5.92 Å². The van der Waals surface area contributed by atoms with Gasteiger partial charge in [0.1, 0.15) is 0 Å². The minimum absolute atomic E-state index is 0.0723. The predicted octanol–water partition coefficient (Wildman–Crippen LogP) is 4.07. The van der Waals surface area contributed by atoms with Crippen molar-refractivity contribution >= 4 is 45.8 Å². The first-order valence-corrected chi connectivity index (χ1v) is 11.9. The van der Waals surface area contributed by atoms with Gasteiger partial charge in [-0.25, -0.2) is 4.79 Å². The van der Waals surface area contributed by atoms with Gasteiger partial charge in [0, 0.05) is 38.3 Å². The highest BCUT2D eigenvalue weighted by molar-refractivity contribution is 8.14. The third kappa shape index (κ3) is 7.28. The molecule has 0 aliphatic carbocycles. The van der Waals surface area contributed by atoms with E-state index in [9.17, 15) is 24.3 Å². The van der Waals surface area contributed by atoms with Crippen LogP contribution in [-0.2, 0) is 37.5 Å². The molecule has 31 heavy (non-hydrogen) atoms. The molecule has 1 atom stereocenters. The van der Waals surface area contributed by atoms with E-state index in [1.807, 2.05) is 12.1 Å². The summed E-state index contributed by atoms with van der Waals surface area (Å²) in [6.07, 6.45) is -2.15. The number of rotatable bonds is 6. The Morgan fingerprint density at radius 1 is 1.10 bits per heavy atom. The van der Waals surface area contributed by atoms with E-state index in [4.69, 9.17) is 4.74 Å². The summed E-state index contributed by atoms with van der Waals surface area (Å²) in [6, 6.07) is 6.03. The van der Waals surface area contributed by atoms with Gasteiger partial charge in [0.2, 0.25) is 5.91 Å². The highest BCUT2D eigenvalue weighted by Crippen LogP contribution is 2.31. The Hall–Kier alpha value is -2.00. The molecule has 1 aliphatic rings. The van der Waals surface area contributed by atoms with E-state index < -0.39 is 18.3 Å². The maximum atomic E-state index is 13.4. The van der Waals surface area contributed by atoms with Crippen molar-refractivity contribution < 1.29 is 29.0 Å². The third-order valence-electron chi connectivity index (χ3n) is 5.00. The van der Waals surface area contributed by atoms with E-state index in [0.717, 1.165) is 40.2 Å². The number of benzene rings is 1. The van der Waals surface area contributed by atoms with Crippen molar-refractivity contribution in [3.05, 3.63) is 34.9 Å². The first-order valence-electron chi connectivity index (χ1n) is 9.97. The highest BCUT2D eigenvalue weighted by Gasteiger charge is 2.36. The molecule has 0 radical (unpaired) electrons. The normalized spacial score (nSPS) is 16.1. The molecule has 1 unspecified atom stereocenters. The van der Waals surface area contributed by atoms with Crippen LogP contribution < -0.4 is 0 Å². The number of ether oxygens (including phenoxy) is 1. The zero-order valence-corrected chi connectivity index (χ0v) is 20.1. The minimum atomic E-state index is -1.45. The largest absolute Gasteiger partial charge is 0.507 e.